The summed E-state index contributed by atoms with van der Waals surface area (Å²) in [5, 5.41) is 6.16. The Morgan fingerprint density at radius 1 is 1.36 bits per heavy atom. The molecule has 3 nitrogen and oxygen atoms in total. The van der Waals surface area contributed by atoms with Crippen LogP contribution in [0.2, 0.25) is 0 Å². The molecule has 1 aliphatic heterocycles. The number of hydrogen-bond acceptors (Lipinski definition) is 2. The van der Waals surface area contributed by atoms with Crippen LogP contribution in [0.15, 0.2) is 18.2 Å². The maximum absolute atomic E-state index is 14.1. The number of piperidine rings is 1. The molecule has 0 radical (unpaired) electrons. The average Bonchev–Trinajstić information content (AvgIpc) is 2.45. The summed E-state index contributed by atoms with van der Waals surface area (Å²) < 4.78 is 27.2. The van der Waals surface area contributed by atoms with Gasteiger partial charge >= 0.3 is 0 Å². The lowest BCUT2D eigenvalue weighted by atomic mass is 9.81. The molecular weight excluding hydrogens is 286 g/mol. The lowest BCUT2D eigenvalue weighted by Crippen LogP contribution is -2.44. The van der Waals surface area contributed by atoms with Gasteiger partial charge < -0.3 is 10.6 Å². The van der Waals surface area contributed by atoms with Crippen molar-refractivity contribution in [1.29, 1.82) is 0 Å². The summed E-state index contributed by atoms with van der Waals surface area (Å²) in [5.74, 6) is -1.41. The normalized spacial score (nSPS) is 20.5. The van der Waals surface area contributed by atoms with Crippen molar-refractivity contribution in [2.24, 2.45) is 11.3 Å². The summed E-state index contributed by atoms with van der Waals surface area (Å²) in [4.78, 5) is 12.5. The van der Waals surface area contributed by atoms with Gasteiger partial charge in [-0.15, -0.1) is 0 Å². The van der Waals surface area contributed by atoms with E-state index in [0.29, 0.717) is 12.1 Å². The summed E-state index contributed by atoms with van der Waals surface area (Å²) >= 11 is 0. The zero-order chi connectivity index (χ0) is 16.3. The maximum atomic E-state index is 14.1. The molecule has 0 bridgehead atoms. The van der Waals surface area contributed by atoms with Crippen LogP contribution in [-0.4, -0.2) is 19.0 Å². The number of amides is 1. The SMILES string of the molecule is CC(C)(C)C(NC(=O)C1CCCNC1)c1ccc(F)cc1F. The second-order valence-corrected chi connectivity index (χ2v) is 7.02. The largest absolute Gasteiger partial charge is 0.348 e. The van der Waals surface area contributed by atoms with Crippen LogP contribution in [0.25, 0.3) is 0 Å². The van der Waals surface area contributed by atoms with Gasteiger partial charge in [0.1, 0.15) is 11.6 Å². The van der Waals surface area contributed by atoms with Crippen LogP contribution in [0.5, 0.6) is 0 Å². The van der Waals surface area contributed by atoms with Gasteiger partial charge in [0.15, 0.2) is 0 Å². The van der Waals surface area contributed by atoms with Crippen LogP contribution >= 0.6 is 0 Å². The number of carbonyl (C=O) groups is 1. The van der Waals surface area contributed by atoms with Crippen molar-refractivity contribution in [1.82, 2.24) is 10.6 Å². The highest BCUT2D eigenvalue weighted by Crippen LogP contribution is 2.34. The van der Waals surface area contributed by atoms with Crippen molar-refractivity contribution in [3.05, 3.63) is 35.4 Å². The van der Waals surface area contributed by atoms with Gasteiger partial charge in [-0.25, -0.2) is 8.78 Å². The first-order chi connectivity index (χ1) is 10.3. The molecule has 1 amide bonds. The summed E-state index contributed by atoms with van der Waals surface area (Å²) in [6.07, 6.45) is 1.80. The highest BCUT2D eigenvalue weighted by Gasteiger charge is 2.32. The Kier molecular flexibility index (Phi) is 5.16. The van der Waals surface area contributed by atoms with E-state index in [4.69, 9.17) is 0 Å². The standard InChI is InChI=1S/C17H24F2N2O/c1-17(2,3)15(13-7-6-12(18)9-14(13)19)21-16(22)11-5-4-8-20-10-11/h6-7,9,11,15,20H,4-5,8,10H2,1-3H3,(H,21,22). The monoisotopic (exact) mass is 310 g/mol. The molecule has 2 rings (SSSR count). The summed E-state index contributed by atoms with van der Waals surface area (Å²) in [6, 6.07) is 3.01. The van der Waals surface area contributed by atoms with Crippen LogP contribution in [0.4, 0.5) is 8.78 Å². The zero-order valence-corrected chi connectivity index (χ0v) is 13.4. The Balaban J connectivity index is 2.21. The number of nitrogens with one attached hydrogen (secondary N) is 2. The van der Waals surface area contributed by atoms with Gasteiger partial charge in [0.25, 0.3) is 0 Å². The molecule has 122 valence electrons. The fourth-order valence-electron chi connectivity index (χ4n) is 2.83. The topological polar surface area (TPSA) is 41.1 Å². The van der Waals surface area contributed by atoms with Crippen LogP contribution in [-0.2, 0) is 4.79 Å². The molecule has 1 aromatic carbocycles. The van der Waals surface area contributed by atoms with Crippen molar-refractivity contribution < 1.29 is 13.6 Å². The quantitative estimate of drug-likeness (QED) is 0.900. The zero-order valence-electron chi connectivity index (χ0n) is 13.4. The van der Waals surface area contributed by atoms with E-state index in [2.05, 4.69) is 10.6 Å². The van der Waals surface area contributed by atoms with E-state index in [1.54, 1.807) is 0 Å². The molecule has 1 aromatic rings. The first kappa shape index (κ1) is 16.9. The molecule has 1 heterocycles. The first-order valence-corrected chi connectivity index (χ1v) is 7.75. The predicted molar refractivity (Wildman–Crippen MR) is 82.3 cm³/mol. The Morgan fingerprint density at radius 2 is 2.09 bits per heavy atom. The lowest BCUT2D eigenvalue weighted by Gasteiger charge is -2.34. The van der Waals surface area contributed by atoms with Gasteiger partial charge in [0, 0.05) is 18.2 Å². The second-order valence-electron chi connectivity index (χ2n) is 7.02. The summed E-state index contributed by atoms with van der Waals surface area (Å²) in [6.45, 7) is 7.37. The fraction of sp³-hybridized carbons (Fsp3) is 0.588. The fourth-order valence-corrected chi connectivity index (χ4v) is 2.83. The maximum Gasteiger partial charge on any atom is 0.224 e. The van der Waals surface area contributed by atoms with E-state index in [-0.39, 0.29) is 17.2 Å². The van der Waals surface area contributed by atoms with Crippen molar-refractivity contribution >= 4 is 5.91 Å². The van der Waals surface area contributed by atoms with E-state index in [1.165, 1.54) is 12.1 Å². The number of carbonyl (C=O) groups excluding carboxylic acids is 1. The van der Waals surface area contributed by atoms with Gasteiger partial charge in [0.05, 0.1) is 12.0 Å². The minimum absolute atomic E-state index is 0.0733. The Labute approximate surface area is 130 Å². The molecule has 2 N–H and O–H groups in total. The minimum Gasteiger partial charge on any atom is -0.348 e. The average molecular weight is 310 g/mol. The van der Waals surface area contributed by atoms with Crippen molar-refractivity contribution in [2.75, 3.05) is 13.1 Å². The lowest BCUT2D eigenvalue weighted by molar-refractivity contribution is -0.127. The molecule has 0 saturated carbocycles. The molecule has 0 aromatic heterocycles. The molecule has 1 saturated heterocycles. The van der Waals surface area contributed by atoms with Crippen LogP contribution in [0, 0.1) is 23.0 Å². The predicted octanol–water partition coefficient (Wildman–Crippen LogP) is 3.17. The Hall–Kier alpha value is -1.49. The molecule has 2 unspecified atom stereocenters. The van der Waals surface area contributed by atoms with E-state index in [9.17, 15) is 13.6 Å². The number of benzene rings is 1. The number of rotatable bonds is 3. The van der Waals surface area contributed by atoms with E-state index in [0.717, 1.165) is 25.5 Å². The minimum atomic E-state index is -0.623. The molecule has 0 spiro atoms. The third-order valence-electron chi connectivity index (χ3n) is 4.09. The summed E-state index contributed by atoms with van der Waals surface area (Å²) in [5.41, 5.74) is -0.0535. The van der Waals surface area contributed by atoms with Gasteiger partial charge in [-0.2, -0.15) is 0 Å². The molecular formula is C17H24F2N2O. The third kappa shape index (κ3) is 4.03. The van der Waals surface area contributed by atoms with Crippen LogP contribution < -0.4 is 10.6 Å². The smallest absolute Gasteiger partial charge is 0.224 e. The molecule has 22 heavy (non-hydrogen) atoms. The van der Waals surface area contributed by atoms with Crippen LogP contribution in [0.3, 0.4) is 0 Å². The molecule has 2 atom stereocenters. The molecule has 1 aliphatic rings. The van der Waals surface area contributed by atoms with Gasteiger partial charge in [0.2, 0.25) is 5.91 Å². The Bertz CT molecular complexity index is 534. The van der Waals surface area contributed by atoms with E-state index >= 15 is 0 Å². The first-order valence-electron chi connectivity index (χ1n) is 7.75. The third-order valence-corrected chi connectivity index (χ3v) is 4.09. The van der Waals surface area contributed by atoms with E-state index in [1.807, 2.05) is 20.8 Å². The summed E-state index contributed by atoms with van der Waals surface area (Å²) in [7, 11) is 0. The van der Waals surface area contributed by atoms with Crippen molar-refractivity contribution in [2.45, 2.75) is 39.7 Å². The highest BCUT2D eigenvalue weighted by molar-refractivity contribution is 5.79. The second kappa shape index (κ2) is 6.73. The number of halogens is 2. The van der Waals surface area contributed by atoms with Crippen LogP contribution in [0.1, 0.15) is 45.2 Å². The van der Waals surface area contributed by atoms with Gasteiger partial charge in [-0.1, -0.05) is 26.8 Å². The number of hydrogen-bond donors (Lipinski definition) is 2. The highest BCUT2D eigenvalue weighted by atomic mass is 19.1. The van der Waals surface area contributed by atoms with Crippen molar-refractivity contribution in [3.8, 4) is 0 Å². The molecule has 5 heteroatoms. The van der Waals surface area contributed by atoms with Gasteiger partial charge in [-0.05, 0) is 30.9 Å². The van der Waals surface area contributed by atoms with Crippen molar-refractivity contribution in [3.63, 3.8) is 0 Å². The molecule has 0 aliphatic carbocycles. The van der Waals surface area contributed by atoms with E-state index < -0.39 is 17.7 Å². The van der Waals surface area contributed by atoms with Gasteiger partial charge in [-0.3, -0.25) is 4.79 Å². The molecule has 1 fully saturated rings. The Morgan fingerprint density at radius 3 is 2.64 bits per heavy atom.